The van der Waals surface area contributed by atoms with Gasteiger partial charge in [0.25, 0.3) is 0 Å². The normalized spacial score (nSPS) is 9.33. The fourth-order valence-corrected chi connectivity index (χ4v) is 1.25. The molecule has 98 valence electrons. The van der Waals surface area contributed by atoms with Gasteiger partial charge in [0.05, 0.1) is 12.5 Å². The van der Waals surface area contributed by atoms with Gasteiger partial charge in [-0.25, -0.2) is 0 Å². The van der Waals surface area contributed by atoms with Gasteiger partial charge in [0.15, 0.2) is 11.5 Å². The summed E-state index contributed by atoms with van der Waals surface area (Å²) < 4.78 is 21.0. The quantitative estimate of drug-likeness (QED) is 0.472. The fourth-order valence-electron chi connectivity index (χ4n) is 1.25. The summed E-state index contributed by atoms with van der Waals surface area (Å²) in [4.78, 5) is 0. The van der Waals surface area contributed by atoms with Crippen LogP contribution in [0.5, 0.6) is 11.5 Å². The molecule has 0 aliphatic carbocycles. The predicted octanol–water partition coefficient (Wildman–Crippen LogP) is 2.76. The molecule has 0 saturated heterocycles. The van der Waals surface area contributed by atoms with E-state index in [0.717, 1.165) is 0 Å². The molecule has 0 aromatic heterocycles. The summed E-state index contributed by atoms with van der Waals surface area (Å²) in [6.07, 6.45) is 2.77. The molecule has 0 unspecified atom stereocenters. The first kappa shape index (κ1) is 14.0. The van der Waals surface area contributed by atoms with Gasteiger partial charge in [0, 0.05) is 0 Å². The third-order valence-corrected chi connectivity index (χ3v) is 2.00. The molecule has 0 saturated carbocycles. The molecule has 0 atom stereocenters. The zero-order valence-electron chi connectivity index (χ0n) is 10.3. The molecule has 4 nitrogen and oxygen atoms in total. The van der Waals surface area contributed by atoms with E-state index in [1.807, 2.05) is 24.3 Å². The molecular formula is C14H18O4. The highest BCUT2D eigenvalue weighted by molar-refractivity contribution is 5.39. The van der Waals surface area contributed by atoms with E-state index in [-0.39, 0.29) is 0 Å². The van der Waals surface area contributed by atoms with Crippen LogP contribution in [0.25, 0.3) is 0 Å². The van der Waals surface area contributed by atoms with Crippen LogP contribution in [0, 0.1) is 0 Å². The van der Waals surface area contributed by atoms with Crippen LogP contribution in [0.1, 0.15) is 0 Å². The van der Waals surface area contributed by atoms with Crippen molar-refractivity contribution in [2.24, 2.45) is 0 Å². The maximum atomic E-state index is 5.54. The Labute approximate surface area is 107 Å². The van der Waals surface area contributed by atoms with E-state index in [1.165, 1.54) is 12.5 Å². The molecule has 0 amide bonds. The predicted molar refractivity (Wildman–Crippen MR) is 69.7 cm³/mol. The first-order valence-electron chi connectivity index (χ1n) is 5.68. The summed E-state index contributed by atoms with van der Waals surface area (Å²) in [5.74, 6) is 1.37. The van der Waals surface area contributed by atoms with Crippen molar-refractivity contribution in [2.45, 2.75) is 0 Å². The lowest BCUT2D eigenvalue weighted by atomic mass is 10.3. The third-order valence-electron chi connectivity index (χ3n) is 2.00. The first-order valence-corrected chi connectivity index (χ1v) is 5.68. The highest BCUT2D eigenvalue weighted by atomic mass is 16.5. The molecule has 0 bridgehead atoms. The Morgan fingerprint density at radius 2 is 1.22 bits per heavy atom. The van der Waals surface area contributed by atoms with Gasteiger partial charge in [-0.05, 0) is 12.1 Å². The molecule has 1 aromatic rings. The first-order chi connectivity index (χ1) is 8.88. The summed E-state index contributed by atoms with van der Waals surface area (Å²) >= 11 is 0. The minimum absolute atomic E-state index is 0.440. The SMILES string of the molecule is C=COCCOc1ccccc1OCCOC=C. The van der Waals surface area contributed by atoms with Gasteiger partial charge in [-0.1, -0.05) is 25.3 Å². The summed E-state index contributed by atoms with van der Waals surface area (Å²) in [6.45, 7) is 8.70. The lowest BCUT2D eigenvalue weighted by Gasteiger charge is -2.12. The van der Waals surface area contributed by atoms with Crippen molar-refractivity contribution in [3.8, 4) is 11.5 Å². The molecule has 0 radical (unpaired) electrons. The van der Waals surface area contributed by atoms with Crippen molar-refractivity contribution in [1.82, 2.24) is 0 Å². The maximum absolute atomic E-state index is 5.54. The van der Waals surface area contributed by atoms with Gasteiger partial charge in [-0.3, -0.25) is 0 Å². The third kappa shape index (κ3) is 5.30. The molecule has 1 rings (SSSR count). The summed E-state index contributed by atoms with van der Waals surface area (Å²) in [5.41, 5.74) is 0. The Morgan fingerprint density at radius 1 is 0.778 bits per heavy atom. The van der Waals surface area contributed by atoms with E-state index in [9.17, 15) is 0 Å². The molecule has 1 aromatic carbocycles. The van der Waals surface area contributed by atoms with Crippen LogP contribution >= 0.6 is 0 Å². The molecule has 0 spiro atoms. The lowest BCUT2D eigenvalue weighted by Crippen LogP contribution is -2.08. The fraction of sp³-hybridized carbons (Fsp3) is 0.286. The Hall–Kier alpha value is -2.10. The largest absolute Gasteiger partial charge is 0.498 e. The van der Waals surface area contributed by atoms with Crippen molar-refractivity contribution >= 4 is 0 Å². The molecule has 0 aliphatic rings. The van der Waals surface area contributed by atoms with Gasteiger partial charge in [-0.2, -0.15) is 0 Å². The van der Waals surface area contributed by atoms with E-state index < -0.39 is 0 Å². The van der Waals surface area contributed by atoms with Crippen molar-refractivity contribution in [3.63, 3.8) is 0 Å². The monoisotopic (exact) mass is 250 g/mol. The number of para-hydroxylation sites is 2. The second kappa shape index (κ2) is 8.98. The van der Waals surface area contributed by atoms with Gasteiger partial charge in [-0.15, -0.1) is 0 Å². The molecule has 0 aliphatic heterocycles. The van der Waals surface area contributed by atoms with E-state index in [2.05, 4.69) is 13.2 Å². The van der Waals surface area contributed by atoms with Gasteiger partial charge in [0.2, 0.25) is 0 Å². The number of hydrogen-bond acceptors (Lipinski definition) is 4. The lowest BCUT2D eigenvalue weighted by molar-refractivity contribution is 0.161. The van der Waals surface area contributed by atoms with Crippen LogP contribution in [-0.2, 0) is 9.47 Å². The minimum Gasteiger partial charge on any atom is -0.498 e. The summed E-state index contributed by atoms with van der Waals surface area (Å²) in [7, 11) is 0. The molecule has 0 fully saturated rings. The topological polar surface area (TPSA) is 36.9 Å². The maximum Gasteiger partial charge on any atom is 0.161 e. The van der Waals surface area contributed by atoms with Gasteiger partial charge < -0.3 is 18.9 Å². The Balaban J connectivity index is 2.40. The van der Waals surface area contributed by atoms with E-state index in [4.69, 9.17) is 18.9 Å². The van der Waals surface area contributed by atoms with Crippen LogP contribution in [-0.4, -0.2) is 26.4 Å². The van der Waals surface area contributed by atoms with Crippen LogP contribution < -0.4 is 9.47 Å². The second-order valence-electron chi connectivity index (χ2n) is 3.22. The Morgan fingerprint density at radius 3 is 1.61 bits per heavy atom. The number of hydrogen-bond donors (Lipinski definition) is 0. The Bertz CT molecular complexity index is 328. The molecule has 4 heteroatoms. The average Bonchev–Trinajstić information content (AvgIpc) is 2.41. The van der Waals surface area contributed by atoms with Crippen molar-refractivity contribution in [2.75, 3.05) is 26.4 Å². The molecule has 0 N–H and O–H groups in total. The average molecular weight is 250 g/mol. The van der Waals surface area contributed by atoms with Crippen molar-refractivity contribution in [3.05, 3.63) is 49.9 Å². The molecular weight excluding hydrogens is 232 g/mol. The minimum atomic E-state index is 0.440. The van der Waals surface area contributed by atoms with E-state index >= 15 is 0 Å². The van der Waals surface area contributed by atoms with Crippen molar-refractivity contribution in [1.29, 1.82) is 0 Å². The number of benzene rings is 1. The highest BCUT2D eigenvalue weighted by Crippen LogP contribution is 2.26. The number of ether oxygens (including phenoxy) is 4. The van der Waals surface area contributed by atoms with Crippen LogP contribution in [0.15, 0.2) is 49.9 Å². The summed E-state index contributed by atoms with van der Waals surface area (Å²) in [6, 6.07) is 7.46. The van der Waals surface area contributed by atoms with Crippen LogP contribution in [0.2, 0.25) is 0 Å². The second-order valence-corrected chi connectivity index (χ2v) is 3.22. The van der Waals surface area contributed by atoms with Gasteiger partial charge >= 0.3 is 0 Å². The smallest absolute Gasteiger partial charge is 0.161 e. The van der Waals surface area contributed by atoms with Crippen molar-refractivity contribution < 1.29 is 18.9 Å². The Kier molecular flexibility index (Phi) is 6.97. The van der Waals surface area contributed by atoms with Crippen LogP contribution in [0.3, 0.4) is 0 Å². The zero-order valence-corrected chi connectivity index (χ0v) is 10.3. The highest BCUT2D eigenvalue weighted by Gasteiger charge is 2.03. The zero-order chi connectivity index (χ0) is 13.1. The van der Waals surface area contributed by atoms with Gasteiger partial charge in [0.1, 0.15) is 26.4 Å². The molecule has 18 heavy (non-hydrogen) atoms. The van der Waals surface area contributed by atoms with E-state index in [1.54, 1.807) is 0 Å². The summed E-state index contributed by atoms with van der Waals surface area (Å²) in [5, 5.41) is 0. The molecule has 0 heterocycles. The van der Waals surface area contributed by atoms with Crippen LogP contribution in [0.4, 0.5) is 0 Å². The number of rotatable bonds is 10. The van der Waals surface area contributed by atoms with E-state index in [0.29, 0.717) is 37.9 Å². The standard InChI is InChI=1S/C14H18O4/c1-3-15-9-11-17-13-7-5-6-8-14(13)18-12-10-16-4-2/h3-8H,1-2,9-12H2.